The Hall–Kier alpha value is -1.49. The molecule has 0 saturated carbocycles. The predicted octanol–water partition coefficient (Wildman–Crippen LogP) is 4.05. The first kappa shape index (κ1) is 21.6. The van der Waals surface area contributed by atoms with E-state index >= 15 is 0 Å². The normalized spacial score (nSPS) is 12.1. The maximum absolute atomic E-state index is 12.6. The molecule has 0 saturated heterocycles. The van der Waals surface area contributed by atoms with Crippen molar-refractivity contribution in [3.8, 4) is 0 Å². The van der Waals surface area contributed by atoms with Crippen LogP contribution in [0.2, 0.25) is 0 Å². The number of Topliss-reactive ketones (excluding diaryl/α,β-unsaturated/α-hetero) is 2. The van der Waals surface area contributed by atoms with Crippen molar-refractivity contribution in [2.24, 2.45) is 11.8 Å². The third kappa shape index (κ3) is 8.43. The molecule has 0 spiro atoms. The van der Waals surface area contributed by atoms with E-state index in [9.17, 15) is 14.4 Å². The van der Waals surface area contributed by atoms with E-state index in [1.807, 2.05) is 24.3 Å². The minimum atomic E-state index is -0.210. The lowest BCUT2D eigenvalue weighted by Crippen LogP contribution is -2.36. The summed E-state index contributed by atoms with van der Waals surface area (Å²) in [6.45, 7) is 5.73. The highest BCUT2D eigenvalue weighted by molar-refractivity contribution is 9.10. The molecule has 0 aliphatic carbocycles. The van der Waals surface area contributed by atoms with Crippen LogP contribution in [0.1, 0.15) is 45.6 Å². The monoisotopic (exact) mass is 409 g/mol. The van der Waals surface area contributed by atoms with Crippen molar-refractivity contribution in [2.45, 2.75) is 46.5 Å². The summed E-state index contributed by atoms with van der Waals surface area (Å²) in [5.41, 5.74) is 0.980. The number of rotatable bonds is 10. The van der Waals surface area contributed by atoms with E-state index in [-0.39, 0.29) is 29.9 Å². The fourth-order valence-corrected chi connectivity index (χ4v) is 3.15. The SMILES string of the molecule is CC(=O)CN(C)C(=O)C(CCC(=O)Cc1ccc(Br)cc1)CC(C)C. The van der Waals surface area contributed by atoms with Gasteiger partial charge in [0.05, 0.1) is 6.54 Å². The molecule has 1 amide bonds. The third-order valence-electron chi connectivity index (χ3n) is 4.03. The molecule has 25 heavy (non-hydrogen) atoms. The summed E-state index contributed by atoms with van der Waals surface area (Å²) in [5.74, 6) is 0.211. The summed E-state index contributed by atoms with van der Waals surface area (Å²) in [6.07, 6.45) is 2.04. The average Bonchev–Trinajstić information content (AvgIpc) is 2.52. The maximum atomic E-state index is 12.6. The number of nitrogens with zero attached hydrogens (tertiary/aromatic N) is 1. The molecule has 0 aromatic heterocycles. The topological polar surface area (TPSA) is 54.5 Å². The second-order valence-corrected chi connectivity index (χ2v) is 8.02. The van der Waals surface area contributed by atoms with Crippen molar-refractivity contribution >= 4 is 33.4 Å². The van der Waals surface area contributed by atoms with Crippen LogP contribution in [0.3, 0.4) is 0 Å². The number of carbonyl (C=O) groups excluding carboxylic acids is 3. The van der Waals surface area contributed by atoms with Crippen molar-refractivity contribution < 1.29 is 14.4 Å². The molecular weight excluding hydrogens is 382 g/mol. The highest BCUT2D eigenvalue weighted by Crippen LogP contribution is 2.21. The molecule has 0 fully saturated rings. The van der Waals surface area contributed by atoms with E-state index in [0.717, 1.165) is 16.5 Å². The molecule has 0 aliphatic heterocycles. The number of benzene rings is 1. The minimum absolute atomic E-state index is 0.0366. The summed E-state index contributed by atoms with van der Waals surface area (Å²) in [4.78, 5) is 37.6. The fourth-order valence-electron chi connectivity index (χ4n) is 2.89. The van der Waals surface area contributed by atoms with E-state index in [4.69, 9.17) is 0 Å². The third-order valence-corrected chi connectivity index (χ3v) is 4.56. The van der Waals surface area contributed by atoms with E-state index in [0.29, 0.717) is 25.2 Å². The molecule has 0 bridgehead atoms. The number of halogens is 1. The fraction of sp³-hybridized carbons (Fsp3) is 0.550. The van der Waals surface area contributed by atoms with Gasteiger partial charge in [-0.1, -0.05) is 41.9 Å². The van der Waals surface area contributed by atoms with Gasteiger partial charge in [0.15, 0.2) is 0 Å². The Morgan fingerprint density at radius 2 is 1.72 bits per heavy atom. The number of carbonyl (C=O) groups is 3. The number of hydrogen-bond acceptors (Lipinski definition) is 3. The number of likely N-dealkylation sites (N-methyl/N-ethyl adjacent to an activating group) is 1. The van der Waals surface area contributed by atoms with Gasteiger partial charge in [0.1, 0.15) is 11.6 Å². The molecule has 138 valence electrons. The first-order chi connectivity index (χ1) is 11.7. The second kappa shape index (κ2) is 10.5. The average molecular weight is 410 g/mol. The summed E-state index contributed by atoms with van der Waals surface area (Å²) in [6, 6.07) is 7.70. The van der Waals surface area contributed by atoms with Crippen LogP contribution in [0.25, 0.3) is 0 Å². The Morgan fingerprint density at radius 1 is 1.12 bits per heavy atom. The van der Waals surface area contributed by atoms with Crippen LogP contribution in [0.4, 0.5) is 0 Å². The van der Waals surface area contributed by atoms with Gasteiger partial charge in [-0.2, -0.15) is 0 Å². The first-order valence-corrected chi connectivity index (χ1v) is 9.49. The molecule has 1 aromatic rings. The van der Waals surface area contributed by atoms with Gasteiger partial charge in [-0.3, -0.25) is 14.4 Å². The zero-order chi connectivity index (χ0) is 19.0. The van der Waals surface area contributed by atoms with Gasteiger partial charge in [-0.15, -0.1) is 0 Å². The lowest BCUT2D eigenvalue weighted by Gasteiger charge is -2.24. The molecule has 1 atom stereocenters. The number of ketones is 2. The Balaban J connectivity index is 2.62. The van der Waals surface area contributed by atoms with E-state index in [1.54, 1.807) is 7.05 Å². The minimum Gasteiger partial charge on any atom is -0.338 e. The zero-order valence-corrected chi connectivity index (χ0v) is 17.1. The van der Waals surface area contributed by atoms with Crippen molar-refractivity contribution in [3.63, 3.8) is 0 Å². The largest absolute Gasteiger partial charge is 0.338 e. The first-order valence-electron chi connectivity index (χ1n) is 8.69. The van der Waals surface area contributed by atoms with Crippen LogP contribution in [-0.4, -0.2) is 36.0 Å². The Bertz CT molecular complexity index is 595. The van der Waals surface area contributed by atoms with Crippen LogP contribution >= 0.6 is 15.9 Å². The highest BCUT2D eigenvalue weighted by Gasteiger charge is 2.24. The van der Waals surface area contributed by atoms with Crippen molar-refractivity contribution in [2.75, 3.05) is 13.6 Å². The van der Waals surface area contributed by atoms with Crippen LogP contribution in [0, 0.1) is 11.8 Å². The van der Waals surface area contributed by atoms with Gasteiger partial charge in [-0.25, -0.2) is 0 Å². The standard InChI is InChI=1S/C20H28BrNO3/c1-14(2)11-17(20(25)22(4)13-15(3)23)7-10-19(24)12-16-5-8-18(21)9-6-16/h5-6,8-9,14,17H,7,10-13H2,1-4H3. The highest BCUT2D eigenvalue weighted by atomic mass is 79.9. The number of amides is 1. The van der Waals surface area contributed by atoms with Gasteiger partial charge >= 0.3 is 0 Å². The Morgan fingerprint density at radius 3 is 2.24 bits per heavy atom. The molecule has 4 nitrogen and oxygen atoms in total. The van der Waals surface area contributed by atoms with Crippen LogP contribution in [0.15, 0.2) is 28.7 Å². The molecule has 0 N–H and O–H groups in total. The van der Waals surface area contributed by atoms with Gasteiger partial charge < -0.3 is 4.90 Å². The van der Waals surface area contributed by atoms with Crippen LogP contribution in [-0.2, 0) is 20.8 Å². The summed E-state index contributed by atoms with van der Waals surface area (Å²) < 4.78 is 0.986. The second-order valence-electron chi connectivity index (χ2n) is 7.10. The lowest BCUT2D eigenvalue weighted by molar-refractivity contribution is -0.138. The molecule has 1 aromatic carbocycles. The molecule has 5 heteroatoms. The zero-order valence-electron chi connectivity index (χ0n) is 15.5. The van der Waals surface area contributed by atoms with E-state index < -0.39 is 0 Å². The van der Waals surface area contributed by atoms with Crippen molar-refractivity contribution in [3.05, 3.63) is 34.3 Å². The number of hydrogen-bond donors (Lipinski definition) is 0. The van der Waals surface area contributed by atoms with Gasteiger partial charge in [0.2, 0.25) is 5.91 Å². The summed E-state index contributed by atoms with van der Waals surface area (Å²) >= 11 is 3.38. The van der Waals surface area contributed by atoms with Gasteiger partial charge in [0, 0.05) is 30.3 Å². The smallest absolute Gasteiger partial charge is 0.225 e. The molecular formula is C20H28BrNO3. The van der Waals surface area contributed by atoms with Crippen molar-refractivity contribution in [1.82, 2.24) is 4.90 Å². The maximum Gasteiger partial charge on any atom is 0.225 e. The van der Waals surface area contributed by atoms with E-state index in [1.165, 1.54) is 11.8 Å². The molecule has 0 radical (unpaired) electrons. The summed E-state index contributed by atoms with van der Waals surface area (Å²) in [7, 11) is 1.65. The van der Waals surface area contributed by atoms with E-state index in [2.05, 4.69) is 29.8 Å². The van der Waals surface area contributed by atoms with Crippen molar-refractivity contribution in [1.29, 1.82) is 0 Å². The van der Waals surface area contributed by atoms with Crippen LogP contribution in [0.5, 0.6) is 0 Å². The summed E-state index contributed by atoms with van der Waals surface area (Å²) in [5, 5.41) is 0. The van der Waals surface area contributed by atoms with Gasteiger partial charge in [-0.05, 0) is 43.4 Å². The van der Waals surface area contributed by atoms with Gasteiger partial charge in [0.25, 0.3) is 0 Å². The lowest BCUT2D eigenvalue weighted by atomic mass is 9.90. The predicted molar refractivity (Wildman–Crippen MR) is 103 cm³/mol. The van der Waals surface area contributed by atoms with Crippen LogP contribution < -0.4 is 0 Å². The Labute approximate surface area is 159 Å². The molecule has 1 rings (SSSR count). The quantitative estimate of drug-likeness (QED) is 0.585. The molecule has 0 heterocycles. The Kier molecular flexibility index (Phi) is 9.04. The molecule has 0 aliphatic rings. The molecule has 1 unspecified atom stereocenters.